The Balaban J connectivity index is 1.20. The first-order valence-corrected chi connectivity index (χ1v) is 18.0. The van der Waals surface area contributed by atoms with Gasteiger partial charge in [0.2, 0.25) is 11.8 Å². The van der Waals surface area contributed by atoms with Gasteiger partial charge in [-0.2, -0.15) is 9.97 Å². The molecule has 0 atom stereocenters. The molecule has 0 spiro atoms. The SMILES string of the molecule is c1ccc(-c2nc(-c3ccccc3)nc(-n3c4ccc5ccccc5c4c4cc(-c5ccc(-c6nc7ccccc7o6)cc5)c5ccccc5c43)n2)cc1. The Labute approximate surface area is 309 Å². The molecule has 0 fully saturated rings. The van der Waals surface area contributed by atoms with Crippen LogP contribution in [0.1, 0.15) is 0 Å². The third kappa shape index (κ3) is 4.81. The number of para-hydroxylation sites is 2. The molecule has 3 aromatic heterocycles. The van der Waals surface area contributed by atoms with E-state index in [-0.39, 0.29) is 0 Å². The predicted molar refractivity (Wildman–Crippen MR) is 218 cm³/mol. The first-order chi connectivity index (χ1) is 26.8. The van der Waals surface area contributed by atoms with Crippen LogP contribution in [0.5, 0.6) is 0 Å². The number of hydrogen-bond acceptors (Lipinski definition) is 5. The largest absolute Gasteiger partial charge is 0.436 e. The van der Waals surface area contributed by atoms with E-state index in [1.54, 1.807) is 0 Å². The molecule has 0 bridgehead atoms. The Morgan fingerprint density at radius 2 is 1.04 bits per heavy atom. The van der Waals surface area contributed by atoms with Crippen molar-refractivity contribution in [3.63, 3.8) is 0 Å². The summed E-state index contributed by atoms with van der Waals surface area (Å²) in [4.78, 5) is 20.2. The van der Waals surface area contributed by atoms with Gasteiger partial charge in [-0.3, -0.25) is 4.57 Å². The van der Waals surface area contributed by atoms with Gasteiger partial charge in [0.05, 0.1) is 11.0 Å². The van der Waals surface area contributed by atoms with E-state index in [4.69, 9.17) is 24.4 Å². The van der Waals surface area contributed by atoms with Gasteiger partial charge in [-0.25, -0.2) is 9.97 Å². The van der Waals surface area contributed by atoms with Crippen LogP contribution < -0.4 is 0 Å². The molecule has 54 heavy (non-hydrogen) atoms. The fourth-order valence-electron chi connectivity index (χ4n) is 7.77. The zero-order valence-electron chi connectivity index (χ0n) is 28.9. The van der Waals surface area contributed by atoms with Crippen LogP contribution in [-0.4, -0.2) is 24.5 Å². The number of nitrogens with zero attached hydrogens (tertiary/aromatic N) is 5. The molecule has 0 aliphatic rings. The maximum Gasteiger partial charge on any atom is 0.238 e. The standard InChI is InChI=1S/C48H29N5O/c1-3-14-32(15-4-1)45-50-46(33-16-5-2-6-17-33)52-48(51-45)53-41-28-27-30-13-7-8-18-35(30)43(41)39-29-38(36-19-9-10-20-37(36)44(39)53)31-23-25-34(26-24-31)47-49-40-21-11-12-22-42(40)54-47/h1-29H. The van der Waals surface area contributed by atoms with Crippen LogP contribution in [0.3, 0.4) is 0 Å². The van der Waals surface area contributed by atoms with Gasteiger partial charge in [0.1, 0.15) is 5.52 Å². The summed E-state index contributed by atoms with van der Waals surface area (Å²) in [5.41, 5.74) is 8.74. The number of hydrogen-bond donors (Lipinski definition) is 0. The fraction of sp³-hybridized carbons (Fsp3) is 0. The van der Waals surface area contributed by atoms with E-state index < -0.39 is 0 Å². The lowest BCUT2D eigenvalue weighted by Gasteiger charge is -2.13. The highest BCUT2D eigenvalue weighted by atomic mass is 16.3. The molecule has 0 aliphatic carbocycles. The van der Waals surface area contributed by atoms with Crippen molar-refractivity contribution in [3.8, 4) is 51.3 Å². The van der Waals surface area contributed by atoms with Gasteiger partial charge >= 0.3 is 0 Å². The van der Waals surface area contributed by atoms with Crippen molar-refractivity contribution in [2.24, 2.45) is 0 Å². The summed E-state index contributed by atoms with van der Waals surface area (Å²) in [6.45, 7) is 0. The van der Waals surface area contributed by atoms with Crippen LogP contribution in [0.15, 0.2) is 180 Å². The minimum Gasteiger partial charge on any atom is -0.436 e. The van der Waals surface area contributed by atoms with Crippen molar-refractivity contribution in [2.45, 2.75) is 0 Å². The van der Waals surface area contributed by atoms with Crippen LogP contribution in [0.2, 0.25) is 0 Å². The summed E-state index contributed by atoms with van der Waals surface area (Å²) in [7, 11) is 0. The Kier molecular flexibility index (Phi) is 6.75. The highest BCUT2D eigenvalue weighted by Gasteiger charge is 2.23. The number of benzene rings is 8. The monoisotopic (exact) mass is 691 g/mol. The number of fused-ring (bicyclic) bond motifs is 8. The second kappa shape index (κ2) is 12.1. The van der Waals surface area contributed by atoms with Gasteiger partial charge in [-0.05, 0) is 63.7 Å². The number of rotatable bonds is 5. The molecule has 3 heterocycles. The zero-order chi connectivity index (χ0) is 35.6. The summed E-state index contributed by atoms with van der Waals surface area (Å²) < 4.78 is 8.34. The molecule has 0 saturated heterocycles. The van der Waals surface area contributed by atoms with Crippen molar-refractivity contribution >= 4 is 54.5 Å². The Morgan fingerprint density at radius 3 is 1.76 bits per heavy atom. The number of aromatic nitrogens is 5. The van der Waals surface area contributed by atoms with Gasteiger partial charge in [-0.1, -0.05) is 140 Å². The van der Waals surface area contributed by atoms with Gasteiger partial charge in [0.25, 0.3) is 0 Å². The molecule has 11 rings (SSSR count). The third-order valence-corrected chi connectivity index (χ3v) is 10.3. The molecule has 0 saturated carbocycles. The second-order valence-electron chi connectivity index (χ2n) is 13.5. The van der Waals surface area contributed by atoms with E-state index in [0.717, 1.165) is 71.5 Å². The molecule has 0 radical (unpaired) electrons. The minimum atomic E-state index is 0.568. The maximum absolute atomic E-state index is 6.10. The Morgan fingerprint density at radius 1 is 0.426 bits per heavy atom. The zero-order valence-corrected chi connectivity index (χ0v) is 28.9. The van der Waals surface area contributed by atoms with Crippen molar-refractivity contribution in [1.29, 1.82) is 0 Å². The average molecular weight is 692 g/mol. The van der Waals surface area contributed by atoms with Gasteiger partial charge < -0.3 is 4.42 Å². The van der Waals surface area contributed by atoms with Crippen molar-refractivity contribution in [3.05, 3.63) is 176 Å². The van der Waals surface area contributed by atoms with Gasteiger partial charge in [-0.15, -0.1) is 0 Å². The second-order valence-corrected chi connectivity index (χ2v) is 13.5. The lowest BCUT2D eigenvalue weighted by molar-refractivity contribution is 0.620. The van der Waals surface area contributed by atoms with E-state index in [1.807, 2.05) is 84.9 Å². The summed E-state index contributed by atoms with van der Waals surface area (Å²) >= 11 is 0. The first kappa shape index (κ1) is 30.2. The maximum atomic E-state index is 6.10. The lowest BCUT2D eigenvalue weighted by Crippen LogP contribution is -2.06. The van der Waals surface area contributed by atoms with E-state index >= 15 is 0 Å². The van der Waals surface area contributed by atoms with E-state index in [0.29, 0.717) is 23.5 Å². The molecule has 8 aromatic carbocycles. The number of oxazole rings is 1. The normalized spacial score (nSPS) is 11.7. The minimum absolute atomic E-state index is 0.568. The van der Waals surface area contributed by atoms with E-state index in [1.165, 1.54) is 10.8 Å². The van der Waals surface area contributed by atoms with Crippen molar-refractivity contribution in [1.82, 2.24) is 24.5 Å². The smallest absolute Gasteiger partial charge is 0.238 e. The topological polar surface area (TPSA) is 69.6 Å². The summed E-state index contributed by atoms with van der Waals surface area (Å²) in [5.74, 6) is 2.42. The molecule has 0 amide bonds. The lowest BCUT2D eigenvalue weighted by atomic mass is 9.94. The van der Waals surface area contributed by atoms with Crippen LogP contribution in [0.4, 0.5) is 0 Å². The molecular formula is C48H29N5O. The first-order valence-electron chi connectivity index (χ1n) is 18.0. The molecular weight excluding hydrogens is 663 g/mol. The summed E-state index contributed by atoms with van der Waals surface area (Å²) in [6.07, 6.45) is 0. The average Bonchev–Trinajstić information content (AvgIpc) is 3.84. The highest BCUT2D eigenvalue weighted by molar-refractivity contribution is 6.27. The molecule has 0 N–H and O–H groups in total. The highest BCUT2D eigenvalue weighted by Crippen LogP contribution is 2.43. The fourth-order valence-corrected chi connectivity index (χ4v) is 7.77. The van der Waals surface area contributed by atoms with Crippen LogP contribution in [-0.2, 0) is 0 Å². The van der Waals surface area contributed by atoms with Crippen LogP contribution in [0.25, 0.3) is 106 Å². The summed E-state index contributed by atoms with van der Waals surface area (Å²) in [6, 6.07) is 60.6. The third-order valence-electron chi connectivity index (χ3n) is 10.3. The van der Waals surface area contributed by atoms with Crippen molar-refractivity contribution in [2.75, 3.05) is 0 Å². The van der Waals surface area contributed by atoms with Crippen LogP contribution >= 0.6 is 0 Å². The molecule has 6 heteroatoms. The molecule has 0 unspecified atom stereocenters. The van der Waals surface area contributed by atoms with E-state index in [9.17, 15) is 0 Å². The van der Waals surface area contributed by atoms with Crippen molar-refractivity contribution < 1.29 is 4.42 Å². The predicted octanol–water partition coefficient (Wildman–Crippen LogP) is 12.1. The molecule has 11 aromatic rings. The quantitative estimate of drug-likeness (QED) is 0.180. The Bertz CT molecular complexity index is 3110. The van der Waals surface area contributed by atoms with Gasteiger partial charge in [0, 0.05) is 32.8 Å². The molecule has 0 aliphatic heterocycles. The van der Waals surface area contributed by atoms with E-state index in [2.05, 4.69) is 95.6 Å². The molecule has 252 valence electrons. The Hall–Kier alpha value is -7.44. The van der Waals surface area contributed by atoms with Crippen LogP contribution in [0, 0.1) is 0 Å². The van der Waals surface area contributed by atoms with Gasteiger partial charge in [0.15, 0.2) is 17.2 Å². The molecule has 6 nitrogen and oxygen atoms in total. The summed E-state index contributed by atoms with van der Waals surface area (Å²) in [5, 5.41) is 6.87.